The predicted molar refractivity (Wildman–Crippen MR) is 112 cm³/mol. The number of hydrogen-bond donors (Lipinski definition) is 1. The summed E-state index contributed by atoms with van der Waals surface area (Å²) < 4.78 is 5.81. The summed E-state index contributed by atoms with van der Waals surface area (Å²) in [6.07, 6.45) is -0.765. The molecule has 4 aromatic rings. The van der Waals surface area contributed by atoms with Gasteiger partial charge in [-0.2, -0.15) is 0 Å². The van der Waals surface area contributed by atoms with E-state index in [0.29, 0.717) is 11.6 Å². The number of ether oxygens (including phenoxy) is 1. The van der Waals surface area contributed by atoms with Gasteiger partial charge in [0.25, 0.3) is 5.91 Å². The molecular weight excluding hydrogens is 364 g/mol. The van der Waals surface area contributed by atoms with Crippen LogP contribution >= 0.6 is 0 Å². The average molecular weight is 382 g/mol. The third kappa shape index (κ3) is 3.04. The minimum Gasteiger partial charge on any atom is -0.477 e. The molecule has 0 spiro atoms. The smallest absolute Gasteiger partial charge is 0.260 e. The van der Waals surface area contributed by atoms with E-state index in [1.165, 1.54) is 0 Å². The fourth-order valence-electron chi connectivity index (χ4n) is 3.57. The summed E-state index contributed by atoms with van der Waals surface area (Å²) in [6.45, 7) is 0.279. The van der Waals surface area contributed by atoms with E-state index in [0.717, 1.165) is 28.0 Å². The van der Waals surface area contributed by atoms with Crippen LogP contribution in [0.3, 0.4) is 0 Å². The molecule has 2 N–H and O–H groups in total. The molecule has 1 aliphatic rings. The van der Waals surface area contributed by atoms with Gasteiger partial charge in [0.1, 0.15) is 11.6 Å². The number of nitrogens with two attached hydrogens (primary N) is 1. The molecule has 1 aliphatic heterocycles. The number of para-hydroxylation sites is 3. The Hall–Kier alpha value is -3.93. The van der Waals surface area contributed by atoms with Crippen LogP contribution in [0.2, 0.25) is 0 Å². The maximum Gasteiger partial charge on any atom is 0.260 e. The Labute approximate surface area is 167 Å². The molecule has 0 radical (unpaired) electrons. The maximum atomic E-state index is 11.9. The van der Waals surface area contributed by atoms with Crippen molar-refractivity contribution in [1.29, 1.82) is 0 Å². The molecule has 29 heavy (non-hydrogen) atoms. The van der Waals surface area contributed by atoms with Crippen LogP contribution < -0.4 is 15.4 Å². The summed E-state index contributed by atoms with van der Waals surface area (Å²) >= 11 is 0. The molecule has 6 nitrogen and oxygen atoms in total. The number of carbonyl (C=O) groups is 1. The van der Waals surface area contributed by atoms with Crippen molar-refractivity contribution in [2.75, 3.05) is 11.4 Å². The van der Waals surface area contributed by atoms with Crippen LogP contribution in [-0.2, 0) is 4.79 Å². The van der Waals surface area contributed by atoms with Gasteiger partial charge in [-0.1, -0.05) is 54.6 Å². The van der Waals surface area contributed by atoms with Crippen LogP contribution in [0.1, 0.15) is 0 Å². The number of rotatable bonds is 3. The highest BCUT2D eigenvalue weighted by Crippen LogP contribution is 2.40. The Kier molecular flexibility index (Phi) is 4.09. The van der Waals surface area contributed by atoms with Gasteiger partial charge in [-0.05, 0) is 24.3 Å². The summed E-state index contributed by atoms with van der Waals surface area (Å²) in [4.78, 5) is 23.6. The zero-order valence-corrected chi connectivity index (χ0v) is 15.5. The van der Waals surface area contributed by atoms with Crippen molar-refractivity contribution in [3.8, 4) is 17.1 Å². The van der Waals surface area contributed by atoms with E-state index in [9.17, 15) is 4.79 Å². The summed E-state index contributed by atoms with van der Waals surface area (Å²) in [7, 11) is 0. The molecule has 0 fully saturated rings. The van der Waals surface area contributed by atoms with Crippen LogP contribution in [0.25, 0.3) is 22.3 Å². The van der Waals surface area contributed by atoms with E-state index in [4.69, 9.17) is 20.4 Å². The van der Waals surface area contributed by atoms with Crippen molar-refractivity contribution in [2.24, 2.45) is 5.73 Å². The van der Waals surface area contributed by atoms with Crippen LogP contribution in [-0.4, -0.2) is 28.5 Å². The predicted octanol–water partition coefficient (Wildman–Crippen LogP) is 3.68. The number of hydrogen-bond acceptors (Lipinski definition) is 5. The Morgan fingerprint density at radius 2 is 1.66 bits per heavy atom. The van der Waals surface area contributed by atoms with E-state index >= 15 is 0 Å². The molecule has 2 heterocycles. The van der Waals surface area contributed by atoms with Gasteiger partial charge in [-0.15, -0.1) is 0 Å². The lowest BCUT2D eigenvalue weighted by molar-refractivity contribution is -0.124. The van der Waals surface area contributed by atoms with Gasteiger partial charge in [0.15, 0.2) is 11.9 Å². The molecule has 1 atom stereocenters. The second-order valence-corrected chi connectivity index (χ2v) is 6.84. The van der Waals surface area contributed by atoms with Crippen molar-refractivity contribution in [3.05, 3.63) is 78.9 Å². The first-order valence-corrected chi connectivity index (χ1v) is 9.35. The standard InChI is InChI=1S/C23H18N4O2/c24-21(28)20-14-27(18-12-6-7-13-19(18)29-20)23-16-10-4-5-11-17(16)25-22(26-23)15-8-2-1-3-9-15/h1-13,20H,14H2,(H2,24,28)/t20-/m1/s1. The number of amides is 1. The summed E-state index contributed by atoms with van der Waals surface area (Å²) in [6, 6.07) is 25.3. The van der Waals surface area contributed by atoms with E-state index in [1.807, 2.05) is 83.8 Å². The highest BCUT2D eigenvalue weighted by molar-refractivity contribution is 5.94. The quantitative estimate of drug-likeness (QED) is 0.585. The van der Waals surface area contributed by atoms with Gasteiger partial charge >= 0.3 is 0 Å². The number of primary amides is 1. The first-order valence-electron chi connectivity index (χ1n) is 9.35. The highest BCUT2D eigenvalue weighted by atomic mass is 16.5. The molecule has 5 rings (SSSR count). The fourth-order valence-corrected chi connectivity index (χ4v) is 3.57. The lowest BCUT2D eigenvalue weighted by atomic mass is 10.1. The molecule has 0 saturated heterocycles. The van der Waals surface area contributed by atoms with Gasteiger partial charge in [0.2, 0.25) is 0 Å². The first-order chi connectivity index (χ1) is 14.2. The molecule has 0 unspecified atom stereocenters. The third-order valence-electron chi connectivity index (χ3n) is 4.96. The average Bonchev–Trinajstić information content (AvgIpc) is 2.78. The van der Waals surface area contributed by atoms with Gasteiger partial charge in [-0.3, -0.25) is 4.79 Å². The van der Waals surface area contributed by atoms with Gasteiger partial charge < -0.3 is 15.4 Å². The largest absolute Gasteiger partial charge is 0.477 e. The van der Waals surface area contributed by atoms with Crippen LogP contribution in [0.5, 0.6) is 5.75 Å². The van der Waals surface area contributed by atoms with E-state index in [-0.39, 0.29) is 6.54 Å². The minimum atomic E-state index is -0.765. The molecule has 6 heteroatoms. The molecule has 142 valence electrons. The van der Waals surface area contributed by atoms with Crippen molar-refractivity contribution in [2.45, 2.75) is 6.10 Å². The topological polar surface area (TPSA) is 81.3 Å². The second-order valence-electron chi connectivity index (χ2n) is 6.84. The lowest BCUT2D eigenvalue weighted by Crippen LogP contribution is -2.45. The molecule has 1 aromatic heterocycles. The van der Waals surface area contributed by atoms with Gasteiger partial charge in [0.05, 0.1) is 17.7 Å². The zero-order chi connectivity index (χ0) is 19.8. The first kappa shape index (κ1) is 17.2. The molecule has 3 aromatic carbocycles. The number of anilines is 2. The number of carbonyl (C=O) groups excluding carboxylic acids is 1. The van der Waals surface area contributed by atoms with Crippen LogP contribution in [0.4, 0.5) is 11.5 Å². The molecule has 0 saturated carbocycles. The molecular formula is C23H18N4O2. The minimum absolute atomic E-state index is 0.279. The molecule has 1 amide bonds. The fraction of sp³-hybridized carbons (Fsp3) is 0.0870. The second kappa shape index (κ2) is 6.91. The zero-order valence-electron chi connectivity index (χ0n) is 15.5. The van der Waals surface area contributed by atoms with Gasteiger partial charge in [-0.25, -0.2) is 9.97 Å². The van der Waals surface area contributed by atoms with Crippen molar-refractivity contribution < 1.29 is 9.53 Å². The van der Waals surface area contributed by atoms with E-state index in [1.54, 1.807) is 0 Å². The molecule has 0 bridgehead atoms. The number of fused-ring (bicyclic) bond motifs is 2. The Morgan fingerprint density at radius 1 is 0.931 bits per heavy atom. The van der Waals surface area contributed by atoms with E-state index in [2.05, 4.69) is 0 Å². The van der Waals surface area contributed by atoms with Crippen molar-refractivity contribution in [1.82, 2.24) is 9.97 Å². The normalized spacial score (nSPS) is 15.6. The summed E-state index contributed by atoms with van der Waals surface area (Å²) in [5, 5.41) is 0.895. The molecule has 0 aliphatic carbocycles. The Balaban J connectivity index is 1.74. The monoisotopic (exact) mass is 382 g/mol. The summed E-state index contributed by atoms with van der Waals surface area (Å²) in [5.74, 6) is 1.44. The van der Waals surface area contributed by atoms with Crippen LogP contribution in [0, 0.1) is 0 Å². The third-order valence-corrected chi connectivity index (χ3v) is 4.96. The Bertz CT molecular complexity index is 1210. The maximum absolute atomic E-state index is 11.9. The number of benzene rings is 3. The van der Waals surface area contributed by atoms with E-state index < -0.39 is 12.0 Å². The lowest BCUT2D eigenvalue weighted by Gasteiger charge is -2.34. The van der Waals surface area contributed by atoms with Crippen molar-refractivity contribution in [3.63, 3.8) is 0 Å². The van der Waals surface area contributed by atoms with Gasteiger partial charge in [0, 0.05) is 10.9 Å². The highest BCUT2D eigenvalue weighted by Gasteiger charge is 2.31. The van der Waals surface area contributed by atoms with Crippen molar-refractivity contribution >= 4 is 28.3 Å². The Morgan fingerprint density at radius 3 is 2.48 bits per heavy atom. The van der Waals surface area contributed by atoms with Crippen LogP contribution in [0.15, 0.2) is 78.9 Å². The number of nitrogens with zero attached hydrogens (tertiary/aromatic N) is 3. The number of aromatic nitrogens is 2. The summed E-state index contributed by atoms with van der Waals surface area (Å²) in [5.41, 5.74) is 8.17. The SMILES string of the molecule is NC(=O)[C@H]1CN(c2nc(-c3ccccc3)nc3ccccc23)c2ccccc2O1.